The van der Waals surface area contributed by atoms with E-state index in [9.17, 15) is 24.3 Å². The van der Waals surface area contributed by atoms with Crippen LogP contribution in [0.1, 0.15) is 44.2 Å². The predicted molar refractivity (Wildman–Crippen MR) is 159 cm³/mol. The standard InChI is InChI=1S/C29H43N5O7S/c1-17(2)24(31-28(38)40-5)26(36)22(23(30)19-11-8-7-9-12-19)21(35)16-34(15-20-13-10-14-42-20)33-27(37)25(18(3)4)32-29(39)41-6/h7-14,17-18,21-25,35H,15-16,30H2,1-6H3,(H,31,38)(H,32,39)(H,33,37)/t21-,22?,23?,24-,25-/m0/s1. The number of carbonyl (C=O) groups is 4. The van der Waals surface area contributed by atoms with Gasteiger partial charge in [-0.15, -0.1) is 11.3 Å². The van der Waals surface area contributed by atoms with Crippen LogP contribution in [0.15, 0.2) is 47.8 Å². The van der Waals surface area contributed by atoms with Crippen LogP contribution in [0, 0.1) is 17.8 Å². The van der Waals surface area contributed by atoms with E-state index in [1.54, 1.807) is 52.0 Å². The number of nitrogens with zero attached hydrogens (tertiary/aromatic N) is 1. The molecule has 2 aromatic rings. The number of Topliss-reactive ketones (excluding diaryl/α,β-unsaturated/α-hetero) is 1. The van der Waals surface area contributed by atoms with Crippen molar-refractivity contribution < 1.29 is 33.8 Å². The van der Waals surface area contributed by atoms with E-state index in [2.05, 4.69) is 20.8 Å². The van der Waals surface area contributed by atoms with Crippen molar-refractivity contribution >= 4 is 35.2 Å². The van der Waals surface area contributed by atoms with E-state index in [0.717, 1.165) is 4.88 Å². The van der Waals surface area contributed by atoms with Crippen molar-refractivity contribution in [2.24, 2.45) is 23.5 Å². The highest BCUT2D eigenvalue weighted by atomic mass is 32.1. The van der Waals surface area contributed by atoms with Crippen LogP contribution in [0.4, 0.5) is 9.59 Å². The molecule has 6 N–H and O–H groups in total. The van der Waals surface area contributed by atoms with Gasteiger partial charge in [0.25, 0.3) is 5.91 Å². The van der Waals surface area contributed by atoms with Gasteiger partial charge in [0.1, 0.15) is 6.04 Å². The number of ketones is 1. The number of aliphatic hydroxyl groups excluding tert-OH is 1. The molecule has 0 aliphatic carbocycles. The average molecular weight is 606 g/mol. The summed E-state index contributed by atoms with van der Waals surface area (Å²) in [5.41, 5.74) is 10.0. The van der Waals surface area contributed by atoms with Crippen molar-refractivity contribution in [3.63, 3.8) is 0 Å². The Morgan fingerprint density at radius 3 is 1.98 bits per heavy atom. The Balaban J connectivity index is 2.43. The number of methoxy groups -OCH3 is 2. The summed E-state index contributed by atoms with van der Waals surface area (Å²) in [4.78, 5) is 52.2. The van der Waals surface area contributed by atoms with Gasteiger partial charge in [0.15, 0.2) is 5.78 Å². The molecular formula is C29H43N5O7S. The predicted octanol–water partition coefficient (Wildman–Crippen LogP) is 2.59. The molecule has 1 aromatic carbocycles. The molecule has 2 unspecified atom stereocenters. The Morgan fingerprint density at radius 2 is 1.48 bits per heavy atom. The van der Waals surface area contributed by atoms with E-state index in [-0.39, 0.29) is 24.9 Å². The molecule has 0 saturated heterocycles. The fraction of sp³-hybridized carbons (Fsp3) is 0.517. The fourth-order valence-corrected chi connectivity index (χ4v) is 5.19. The molecule has 13 heteroatoms. The molecule has 0 saturated carbocycles. The van der Waals surface area contributed by atoms with Crippen LogP contribution in [0.5, 0.6) is 0 Å². The first-order valence-corrected chi connectivity index (χ1v) is 14.6. The molecule has 12 nitrogen and oxygen atoms in total. The summed E-state index contributed by atoms with van der Waals surface area (Å²) in [5.74, 6) is -2.80. The second-order valence-electron chi connectivity index (χ2n) is 10.6. The quantitative estimate of drug-likeness (QED) is 0.191. The van der Waals surface area contributed by atoms with Crippen molar-refractivity contribution in [2.75, 3.05) is 20.8 Å². The van der Waals surface area contributed by atoms with Crippen molar-refractivity contribution in [2.45, 2.75) is 58.5 Å². The zero-order valence-corrected chi connectivity index (χ0v) is 25.7. The molecule has 5 atom stereocenters. The van der Waals surface area contributed by atoms with Gasteiger partial charge in [-0.3, -0.25) is 15.0 Å². The highest BCUT2D eigenvalue weighted by molar-refractivity contribution is 7.09. The summed E-state index contributed by atoms with van der Waals surface area (Å²) < 4.78 is 9.39. The maximum absolute atomic E-state index is 14.0. The second-order valence-corrected chi connectivity index (χ2v) is 11.6. The molecular weight excluding hydrogens is 562 g/mol. The van der Waals surface area contributed by atoms with Crippen LogP contribution in [0.3, 0.4) is 0 Å². The monoisotopic (exact) mass is 605 g/mol. The first-order chi connectivity index (χ1) is 19.9. The smallest absolute Gasteiger partial charge is 0.407 e. The molecule has 0 aliphatic heterocycles. The Hall–Kier alpha value is -3.52. The van der Waals surface area contributed by atoms with Crippen LogP contribution in [-0.2, 0) is 25.6 Å². The largest absolute Gasteiger partial charge is 0.453 e. The zero-order valence-electron chi connectivity index (χ0n) is 24.9. The lowest BCUT2D eigenvalue weighted by Gasteiger charge is -2.35. The van der Waals surface area contributed by atoms with Crippen LogP contribution in [0.2, 0.25) is 0 Å². The molecule has 0 spiro atoms. The van der Waals surface area contributed by atoms with E-state index >= 15 is 0 Å². The van der Waals surface area contributed by atoms with Crippen molar-refractivity contribution in [3.8, 4) is 0 Å². The molecule has 0 radical (unpaired) electrons. The minimum atomic E-state index is -1.38. The fourth-order valence-electron chi connectivity index (χ4n) is 4.47. The summed E-state index contributed by atoms with van der Waals surface area (Å²) in [6.07, 6.45) is -2.92. The molecule has 232 valence electrons. The number of hydrogen-bond donors (Lipinski definition) is 5. The number of benzene rings is 1. The molecule has 0 aliphatic rings. The normalized spacial score (nSPS) is 14.9. The van der Waals surface area contributed by atoms with Gasteiger partial charge in [-0.1, -0.05) is 64.1 Å². The van der Waals surface area contributed by atoms with E-state index in [1.165, 1.54) is 30.6 Å². The minimum Gasteiger partial charge on any atom is -0.453 e. The highest BCUT2D eigenvalue weighted by Crippen LogP contribution is 2.27. The molecule has 1 heterocycles. The Bertz CT molecular complexity index is 1150. The van der Waals surface area contributed by atoms with Gasteiger partial charge in [0, 0.05) is 17.5 Å². The SMILES string of the molecule is COC(=O)N[C@H](C(=O)NN(Cc1cccs1)C[C@H](O)C(C(=O)[C@@H](NC(=O)OC)C(C)C)C(N)c1ccccc1)C(C)C. The number of alkyl carbamates (subject to hydrolysis) is 2. The first-order valence-electron chi connectivity index (χ1n) is 13.7. The number of amides is 3. The third kappa shape index (κ3) is 10.1. The summed E-state index contributed by atoms with van der Waals surface area (Å²) >= 11 is 1.45. The highest BCUT2D eigenvalue weighted by Gasteiger charge is 2.40. The van der Waals surface area contributed by atoms with Gasteiger partial charge < -0.3 is 30.9 Å². The van der Waals surface area contributed by atoms with Crippen molar-refractivity contribution in [1.82, 2.24) is 21.1 Å². The van der Waals surface area contributed by atoms with E-state index in [0.29, 0.717) is 5.56 Å². The number of nitrogens with one attached hydrogen (secondary N) is 3. The first kappa shape index (κ1) is 34.7. The van der Waals surface area contributed by atoms with Gasteiger partial charge in [-0.05, 0) is 28.8 Å². The Labute approximate surface area is 250 Å². The third-order valence-electron chi connectivity index (χ3n) is 6.76. The molecule has 0 fully saturated rings. The topological polar surface area (TPSA) is 172 Å². The van der Waals surface area contributed by atoms with Gasteiger partial charge >= 0.3 is 12.2 Å². The number of aliphatic hydroxyl groups is 1. The second kappa shape index (κ2) is 16.8. The van der Waals surface area contributed by atoms with E-state index in [1.807, 2.05) is 23.6 Å². The summed E-state index contributed by atoms with van der Waals surface area (Å²) in [5, 5.41) is 20.1. The number of ether oxygens (including phenoxy) is 2. The average Bonchev–Trinajstić information content (AvgIpc) is 3.47. The Kier molecular flexibility index (Phi) is 13.9. The lowest BCUT2D eigenvalue weighted by atomic mass is 9.80. The Morgan fingerprint density at radius 1 is 0.905 bits per heavy atom. The molecule has 0 bridgehead atoms. The maximum atomic E-state index is 14.0. The number of nitrogens with two attached hydrogens (primary N) is 1. The van der Waals surface area contributed by atoms with Crippen LogP contribution in [-0.4, -0.2) is 72.9 Å². The zero-order chi connectivity index (χ0) is 31.4. The number of hydrazine groups is 1. The summed E-state index contributed by atoms with van der Waals surface area (Å²) in [7, 11) is 2.40. The third-order valence-corrected chi connectivity index (χ3v) is 7.62. The van der Waals surface area contributed by atoms with Gasteiger partial charge in [0.05, 0.1) is 38.8 Å². The molecule has 1 aromatic heterocycles. The molecule has 2 rings (SSSR count). The van der Waals surface area contributed by atoms with Gasteiger partial charge in [-0.25, -0.2) is 14.6 Å². The molecule has 42 heavy (non-hydrogen) atoms. The van der Waals surface area contributed by atoms with Crippen LogP contribution >= 0.6 is 11.3 Å². The maximum Gasteiger partial charge on any atom is 0.407 e. The summed E-state index contributed by atoms with van der Waals surface area (Å²) in [6.45, 7) is 7.09. The van der Waals surface area contributed by atoms with Crippen LogP contribution < -0.4 is 21.8 Å². The number of hydrogen-bond acceptors (Lipinski definition) is 10. The number of carbonyl (C=O) groups excluding carboxylic acids is 4. The lowest BCUT2D eigenvalue weighted by Crippen LogP contribution is -2.57. The van der Waals surface area contributed by atoms with Crippen LogP contribution in [0.25, 0.3) is 0 Å². The van der Waals surface area contributed by atoms with E-state index in [4.69, 9.17) is 10.5 Å². The summed E-state index contributed by atoms with van der Waals surface area (Å²) in [6, 6.07) is 9.74. The van der Waals surface area contributed by atoms with Crippen molar-refractivity contribution in [1.29, 1.82) is 0 Å². The van der Waals surface area contributed by atoms with E-state index < -0.39 is 54.0 Å². The van der Waals surface area contributed by atoms with Crippen molar-refractivity contribution in [3.05, 3.63) is 58.3 Å². The minimum absolute atomic E-state index is 0.188. The number of thiophene rings is 1. The molecule has 3 amide bonds. The number of rotatable bonds is 15. The lowest BCUT2D eigenvalue weighted by molar-refractivity contribution is -0.133. The van der Waals surface area contributed by atoms with Gasteiger partial charge in [0.2, 0.25) is 0 Å². The van der Waals surface area contributed by atoms with Gasteiger partial charge in [-0.2, -0.15) is 0 Å².